The van der Waals surface area contributed by atoms with Gasteiger partial charge < -0.3 is 11.1 Å². The third-order valence-electron chi connectivity index (χ3n) is 5.40. The van der Waals surface area contributed by atoms with Crippen molar-refractivity contribution in [1.82, 2.24) is 39.1 Å². The number of carbonyl (C=O) groups is 1. The van der Waals surface area contributed by atoms with Crippen LogP contribution in [-0.2, 0) is 7.05 Å². The van der Waals surface area contributed by atoms with Crippen molar-refractivity contribution in [2.24, 2.45) is 7.05 Å². The second-order valence-electron chi connectivity index (χ2n) is 7.57. The summed E-state index contributed by atoms with van der Waals surface area (Å²) >= 11 is 6.59. The monoisotopic (exact) mass is 449 g/mol. The van der Waals surface area contributed by atoms with Gasteiger partial charge in [-0.2, -0.15) is 5.10 Å². The Balaban J connectivity index is 1.62. The summed E-state index contributed by atoms with van der Waals surface area (Å²) in [5, 5.41) is 12.0. The maximum Gasteiger partial charge on any atom is 0.259 e. The normalized spacial score (nSPS) is 12.5. The molecule has 0 saturated carbocycles. The average Bonchev–Trinajstić information content (AvgIpc) is 3.44. The lowest BCUT2D eigenvalue weighted by molar-refractivity contribution is 0.0942. The molecule has 1 amide bonds. The summed E-state index contributed by atoms with van der Waals surface area (Å²) in [6, 6.07) is 3.15. The number of aromatic nitrogens is 7. The van der Waals surface area contributed by atoms with Gasteiger partial charge in [0.15, 0.2) is 11.5 Å². The number of carbonyl (C=O) groups excluding carboxylic acids is 1. The van der Waals surface area contributed by atoms with E-state index in [1.165, 1.54) is 4.52 Å². The Hall–Kier alpha value is -3.92. The molecule has 5 rings (SSSR count). The number of hydrogen-bond donors (Lipinski definition) is 2. The van der Waals surface area contributed by atoms with Crippen molar-refractivity contribution in [3.63, 3.8) is 0 Å². The molecule has 32 heavy (non-hydrogen) atoms. The second kappa shape index (κ2) is 7.34. The summed E-state index contributed by atoms with van der Waals surface area (Å²) in [6.45, 7) is 3.79. The summed E-state index contributed by atoms with van der Waals surface area (Å²) in [5.41, 5.74) is 9.96. The van der Waals surface area contributed by atoms with Crippen molar-refractivity contribution in [3.05, 3.63) is 65.1 Å². The number of anilines is 1. The average molecular weight is 450 g/mol. The highest BCUT2D eigenvalue weighted by Gasteiger charge is 2.25. The first-order valence-corrected chi connectivity index (χ1v) is 10.3. The van der Waals surface area contributed by atoms with Crippen LogP contribution < -0.4 is 11.1 Å². The molecule has 162 valence electrons. The van der Waals surface area contributed by atoms with Crippen molar-refractivity contribution in [3.8, 4) is 11.3 Å². The Morgan fingerprint density at radius 2 is 2.09 bits per heavy atom. The van der Waals surface area contributed by atoms with Crippen molar-refractivity contribution in [1.29, 1.82) is 0 Å². The van der Waals surface area contributed by atoms with Gasteiger partial charge in [-0.25, -0.2) is 14.5 Å². The molecule has 0 aliphatic carbocycles. The van der Waals surface area contributed by atoms with E-state index in [0.29, 0.717) is 10.7 Å². The van der Waals surface area contributed by atoms with Crippen LogP contribution >= 0.6 is 11.6 Å². The van der Waals surface area contributed by atoms with E-state index >= 15 is 0 Å². The highest BCUT2D eigenvalue weighted by atomic mass is 35.5. The molecular weight excluding hydrogens is 430 g/mol. The third kappa shape index (κ3) is 3.07. The van der Waals surface area contributed by atoms with Crippen molar-refractivity contribution >= 4 is 34.5 Å². The van der Waals surface area contributed by atoms with Crippen LogP contribution in [-0.4, -0.2) is 39.7 Å². The van der Waals surface area contributed by atoms with E-state index < -0.39 is 6.04 Å². The van der Waals surface area contributed by atoms with Crippen LogP contribution in [0.4, 0.5) is 5.82 Å². The van der Waals surface area contributed by atoms with Crippen molar-refractivity contribution in [2.45, 2.75) is 19.9 Å². The Morgan fingerprint density at radius 1 is 1.28 bits per heavy atom. The van der Waals surface area contributed by atoms with Crippen LogP contribution in [0.3, 0.4) is 0 Å². The Bertz CT molecular complexity index is 1500. The molecule has 0 aliphatic rings. The molecule has 0 spiro atoms. The molecular formula is C21H20ClN9O. The maximum absolute atomic E-state index is 13.2. The molecule has 10 nitrogen and oxygen atoms in total. The fourth-order valence-electron chi connectivity index (χ4n) is 3.94. The fraction of sp³-hybridized carbons (Fsp3) is 0.190. The minimum absolute atomic E-state index is 0.111. The smallest absolute Gasteiger partial charge is 0.259 e. The van der Waals surface area contributed by atoms with Gasteiger partial charge in [0, 0.05) is 36.8 Å². The zero-order chi connectivity index (χ0) is 22.6. The lowest BCUT2D eigenvalue weighted by Gasteiger charge is -2.20. The number of imidazole rings is 1. The van der Waals surface area contributed by atoms with Gasteiger partial charge in [-0.05, 0) is 26.0 Å². The minimum Gasteiger partial charge on any atom is -0.381 e. The Morgan fingerprint density at radius 3 is 2.84 bits per heavy atom. The number of pyridine rings is 1. The molecule has 1 atom stereocenters. The van der Waals surface area contributed by atoms with Crippen LogP contribution in [0.1, 0.15) is 34.7 Å². The number of hydrogen-bond acceptors (Lipinski definition) is 6. The van der Waals surface area contributed by atoms with E-state index in [9.17, 15) is 4.79 Å². The van der Waals surface area contributed by atoms with E-state index in [0.717, 1.165) is 28.2 Å². The molecule has 0 radical (unpaired) electrons. The molecule has 5 aromatic heterocycles. The Kier molecular flexibility index (Phi) is 4.59. The first kappa shape index (κ1) is 20.0. The molecule has 5 heterocycles. The van der Waals surface area contributed by atoms with E-state index in [-0.39, 0.29) is 17.3 Å². The van der Waals surface area contributed by atoms with Crippen molar-refractivity contribution < 1.29 is 4.79 Å². The second-order valence-corrected chi connectivity index (χ2v) is 7.98. The lowest BCUT2D eigenvalue weighted by atomic mass is 10.0. The standard InChI is InChI=1S/C21H20ClN9O/c1-11(27-21(32)17-19(23)28-30-6-4-5-24-20(17)30)14-7-15(22)16-9-25-12(2)31(16)18(14)13-8-26-29(3)10-13/h4-11H,1-3H3,(H2,23,28)(H,27,32). The first-order valence-electron chi connectivity index (χ1n) is 9.90. The van der Waals surface area contributed by atoms with Crippen LogP contribution in [0, 0.1) is 6.92 Å². The molecule has 5 aromatic rings. The first-order chi connectivity index (χ1) is 15.3. The number of aryl methyl sites for hydroxylation is 2. The van der Waals surface area contributed by atoms with Gasteiger partial charge in [0.25, 0.3) is 5.91 Å². The molecule has 0 aromatic carbocycles. The summed E-state index contributed by atoms with van der Waals surface area (Å²) < 4.78 is 5.18. The van der Waals surface area contributed by atoms with Crippen LogP contribution in [0.15, 0.2) is 43.1 Å². The van der Waals surface area contributed by atoms with Gasteiger partial charge in [-0.15, -0.1) is 5.10 Å². The number of nitrogens with one attached hydrogen (secondary N) is 1. The summed E-state index contributed by atoms with van der Waals surface area (Å²) in [7, 11) is 1.85. The van der Waals surface area contributed by atoms with Crippen LogP contribution in [0.5, 0.6) is 0 Å². The molecule has 3 N–H and O–H groups in total. The number of fused-ring (bicyclic) bond motifs is 2. The molecule has 0 aliphatic heterocycles. The summed E-state index contributed by atoms with van der Waals surface area (Å²) in [4.78, 5) is 21.9. The number of halogens is 1. The predicted octanol–water partition coefficient (Wildman–Crippen LogP) is 2.81. The minimum atomic E-state index is -0.417. The zero-order valence-electron chi connectivity index (χ0n) is 17.6. The van der Waals surface area contributed by atoms with E-state index in [4.69, 9.17) is 17.3 Å². The fourth-order valence-corrected chi connectivity index (χ4v) is 4.19. The van der Waals surface area contributed by atoms with E-state index in [2.05, 4.69) is 25.5 Å². The highest BCUT2D eigenvalue weighted by Crippen LogP contribution is 2.34. The molecule has 11 heteroatoms. The van der Waals surface area contributed by atoms with Gasteiger partial charge >= 0.3 is 0 Å². The highest BCUT2D eigenvalue weighted by molar-refractivity contribution is 6.34. The van der Waals surface area contributed by atoms with Gasteiger partial charge in [0.1, 0.15) is 11.4 Å². The number of nitrogens with zero attached hydrogens (tertiary/aromatic N) is 7. The van der Waals surface area contributed by atoms with Gasteiger partial charge in [-0.1, -0.05) is 11.6 Å². The van der Waals surface area contributed by atoms with Gasteiger partial charge in [0.2, 0.25) is 0 Å². The van der Waals surface area contributed by atoms with E-state index in [1.807, 2.05) is 37.6 Å². The topological polar surface area (TPSA) is 120 Å². The quantitative estimate of drug-likeness (QED) is 0.435. The Labute approximate surface area is 187 Å². The third-order valence-corrected chi connectivity index (χ3v) is 5.71. The maximum atomic E-state index is 13.2. The van der Waals surface area contributed by atoms with Gasteiger partial charge in [-0.3, -0.25) is 13.9 Å². The van der Waals surface area contributed by atoms with E-state index in [1.54, 1.807) is 35.5 Å². The summed E-state index contributed by atoms with van der Waals surface area (Å²) in [6.07, 6.45) is 8.69. The van der Waals surface area contributed by atoms with Crippen LogP contribution in [0.25, 0.3) is 22.4 Å². The lowest BCUT2D eigenvalue weighted by Crippen LogP contribution is -2.28. The number of nitrogens with two attached hydrogens (primary N) is 1. The number of nitrogen functional groups attached to an aromatic ring is 1. The summed E-state index contributed by atoms with van der Waals surface area (Å²) in [5.74, 6) is 0.511. The SMILES string of the molecule is Cc1ncc2c(Cl)cc(C(C)NC(=O)c3c(N)nn4cccnc34)c(-c3cnn(C)c3)n12. The number of amides is 1. The number of rotatable bonds is 4. The largest absolute Gasteiger partial charge is 0.381 e. The zero-order valence-corrected chi connectivity index (χ0v) is 18.4. The van der Waals surface area contributed by atoms with Crippen LogP contribution in [0.2, 0.25) is 5.02 Å². The van der Waals surface area contributed by atoms with Crippen molar-refractivity contribution in [2.75, 3.05) is 5.73 Å². The predicted molar refractivity (Wildman–Crippen MR) is 120 cm³/mol. The van der Waals surface area contributed by atoms with Gasteiger partial charge in [0.05, 0.1) is 34.7 Å². The molecule has 0 bridgehead atoms. The molecule has 0 saturated heterocycles. The molecule has 0 fully saturated rings. The molecule has 1 unspecified atom stereocenters.